The summed E-state index contributed by atoms with van der Waals surface area (Å²) in [5.41, 5.74) is 0. The van der Waals surface area contributed by atoms with E-state index < -0.39 is 10.0 Å². The Morgan fingerprint density at radius 3 is 2.84 bits per heavy atom. The SMILES string of the molecule is Cc1nccc(O[C@H]2CCN(S(=O)(=O)C3CC3)C2)n1. The van der Waals surface area contributed by atoms with Gasteiger partial charge >= 0.3 is 0 Å². The van der Waals surface area contributed by atoms with Crippen LogP contribution in [0.25, 0.3) is 0 Å². The van der Waals surface area contributed by atoms with E-state index in [0.717, 1.165) is 19.3 Å². The maximum Gasteiger partial charge on any atom is 0.217 e. The first-order valence-electron chi connectivity index (χ1n) is 6.51. The second-order valence-corrected chi connectivity index (χ2v) is 7.29. The Balaban J connectivity index is 1.63. The van der Waals surface area contributed by atoms with Crippen LogP contribution in [-0.4, -0.2) is 47.1 Å². The van der Waals surface area contributed by atoms with Crippen molar-refractivity contribution >= 4 is 10.0 Å². The monoisotopic (exact) mass is 283 g/mol. The smallest absolute Gasteiger partial charge is 0.217 e. The van der Waals surface area contributed by atoms with E-state index in [-0.39, 0.29) is 11.4 Å². The minimum Gasteiger partial charge on any atom is -0.473 e. The molecule has 1 aliphatic carbocycles. The van der Waals surface area contributed by atoms with E-state index >= 15 is 0 Å². The van der Waals surface area contributed by atoms with Gasteiger partial charge in [-0.2, -0.15) is 9.29 Å². The van der Waals surface area contributed by atoms with Crippen LogP contribution in [0.2, 0.25) is 0 Å². The molecule has 3 rings (SSSR count). The van der Waals surface area contributed by atoms with Crippen molar-refractivity contribution < 1.29 is 13.2 Å². The van der Waals surface area contributed by atoms with Gasteiger partial charge in [0.05, 0.1) is 11.8 Å². The Bertz CT molecular complexity index is 571. The zero-order chi connectivity index (χ0) is 13.5. The molecule has 6 nitrogen and oxygen atoms in total. The molecule has 1 aromatic heterocycles. The summed E-state index contributed by atoms with van der Waals surface area (Å²) in [5, 5.41) is -0.146. The summed E-state index contributed by atoms with van der Waals surface area (Å²) in [6.07, 6.45) is 3.86. The number of hydrogen-bond acceptors (Lipinski definition) is 5. The Morgan fingerprint density at radius 1 is 1.37 bits per heavy atom. The minimum absolute atomic E-state index is 0.108. The van der Waals surface area contributed by atoms with E-state index in [2.05, 4.69) is 9.97 Å². The molecule has 0 spiro atoms. The highest BCUT2D eigenvalue weighted by atomic mass is 32.2. The summed E-state index contributed by atoms with van der Waals surface area (Å²) >= 11 is 0. The van der Waals surface area contributed by atoms with Crippen molar-refractivity contribution in [3.05, 3.63) is 18.1 Å². The van der Waals surface area contributed by atoms with Crippen LogP contribution in [0.1, 0.15) is 25.1 Å². The molecular weight excluding hydrogens is 266 g/mol. The second-order valence-electron chi connectivity index (χ2n) is 5.07. The van der Waals surface area contributed by atoms with E-state index in [4.69, 9.17) is 4.74 Å². The molecule has 2 aliphatic rings. The summed E-state index contributed by atoms with van der Waals surface area (Å²) < 4.78 is 31.5. The molecule has 0 N–H and O–H groups in total. The quantitative estimate of drug-likeness (QED) is 0.814. The lowest BCUT2D eigenvalue weighted by atomic mass is 10.3. The molecule has 0 aromatic carbocycles. The molecule has 1 saturated carbocycles. The summed E-state index contributed by atoms with van der Waals surface area (Å²) in [5.74, 6) is 1.17. The number of rotatable bonds is 4. The van der Waals surface area contributed by atoms with E-state index in [1.165, 1.54) is 0 Å². The van der Waals surface area contributed by atoms with Gasteiger partial charge in [-0.25, -0.2) is 13.4 Å². The van der Waals surface area contributed by atoms with Crippen LogP contribution >= 0.6 is 0 Å². The van der Waals surface area contributed by atoms with E-state index in [0.29, 0.717) is 24.8 Å². The second kappa shape index (κ2) is 4.72. The van der Waals surface area contributed by atoms with Gasteiger partial charge in [-0.1, -0.05) is 0 Å². The van der Waals surface area contributed by atoms with Gasteiger partial charge in [0, 0.05) is 18.8 Å². The molecular formula is C12H17N3O3S. The Kier molecular flexibility index (Phi) is 3.18. The van der Waals surface area contributed by atoms with Crippen molar-refractivity contribution in [1.82, 2.24) is 14.3 Å². The molecule has 2 heterocycles. The molecule has 1 saturated heterocycles. The first-order chi connectivity index (χ1) is 9.05. The number of sulfonamides is 1. The first kappa shape index (κ1) is 12.8. The van der Waals surface area contributed by atoms with Crippen molar-refractivity contribution in [2.75, 3.05) is 13.1 Å². The number of ether oxygens (including phenoxy) is 1. The third-order valence-corrected chi connectivity index (χ3v) is 5.82. The molecule has 0 radical (unpaired) electrons. The summed E-state index contributed by atoms with van der Waals surface area (Å²) in [4.78, 5) is 8.17. The fraction of sp³-hybridized carbons (Fsp3) is 0.667. The highest BCUT2D eigenvalue weighted by molar-refractivity contribution is 7.90. The van der Waals surface area contributed by atoms with Crippen LogP contribution in [0, 0.1) is 6.92 Å². The molecule has 1 aromatic rings. The molecule has 2 fully saturated rings. The Morgan fingerprint density at radius 2 is 2.16 bits per heavy atom. The average molecular weight is 283 g/mol. The minimum atomic E-state index is -3.08. The Labute approximate surface area is 112 Å². The fourth-order valence-electron chi connectivity index (χ4n) is 2.27. The molecule has 1 atom stereocenters. The van der Waals surface area contributed by atoms with Crippen LogP contribution in [-0.2, 0) is 10.0 Å². The molecule has 0 unspecified atom stereocenters. The van der Waals surface area contributed by atoms with Gasteiger partial charge in [-0.3, -0.25) is 0 Å². The standard InChI is InChI=1S/C12H17N3O3S/c1-9-13-6-4-12(14-9)18-10-5-7-15(8-10)19(16,17)11-2-3-11/h4,6,10-11H,2-3,5,7-8H2,1H3/t10-/m0/s1. The van der Waals surface area contributed by atoms with Crippen LogP contribution in [0.15, 0.2) is 12.3 Å². The molecule has 0 bridgehead atoms. The lowest BCUT2D eigenvalue weighted by Gasteiger charge is -2.16. The topological polar surface area (TPSA) is 72.4 Å². The molecule has 1 aliphatic heterocycles. The molecule has 104 valence electrons. The maximum absolute atomic E-state index is 12.1. The maximum atomic E-state index is 12.1. The van der Waals surface area contributed by atoms with Gasteiger partial charge in [0.2, 0.25) is 15.9 Å². The van der Waals surface area contributed by atoms with Crippen LogP contribution < -0.4 is 4.74 Å². The highest BCUT2D eigenvalue weighted by Crippen LogP contribution is 2.33. The molecule has 7 heteroatoms. The van der Waals surface area contributed by atoms with Gasteiger partial charge in [-0.15, -0.1) is 0 Å². The Hall–Kier alpha value is -1.21. The summed E-state index contributed by atoms with van der Waals surface area (Å²) in [6, 6.07) is 1.70. The van der Waals surface area contributed by atoms with Crippen molar-refractivity contribution in [1.29, 1.82) is 0 Å². The number of nitrogens with zero attached hydrogens (tertiary/aromatic N) is 3. The predicted molar refractivity (Wildman–Crippen MR) is 69.3 cm³/mol. The normalized spacial score (nSPS) is 24.6. The third kappa shape index (κ3) is 2.71. The van der Waals surface area contributed by atoms with Crippen molar-refractivity contribution in [3.63, 3.8) is 0 Å². The van der Waals surface area contributed by atoms with E-state index in [1.54, 1.807) is 23.5 Å². The zero-order valence-electron chi connectivity index (χ0n) is 10.8. The number of hydrogen-bond donors (Lipinski definition) is 0. The summed E-state index contributed by atoms with van der Waals surface area (Å²) in [7, 11) is -3.08. The lowest BCUT2D eigenvalue weighted by Crippen LogP contribution is -2.33. The number of aryl methyl sites for hydroxylation is 1. The number of aromatic nitrogens is 2. The first-order valence-corrected chi connectivity index (χ1v) is 8.01. The van der Waals surface area contributed by atoms with Gasteiger partial charge in [0.15, 0.2) is 0 Å². The van der Waals surface area contributed by atoms with Crippen LogP contribution in [0.5, 0.6) is 5.88 Å². The largest absolute Gasteiger partial charge is 0.473 e. The molecule has 0 amide bonds. The van der Waals surface area contributed by atoms with Gasteiger partial charge < -0.3 is 4.74 Å². The van der Waals surface area contributed by atoms with Gasteiger partial charge in [0.25, 0.3) is 0 Å². The fourth-order valence-corrected chi connectivity index (χ4v) is 4.16. The predicted octanol–water partition coefficient (Wildman–Crippen LogP) is 0.730. The van der Waals surface area contributed by atoms with Crippen molar-refractivity contribution in [3.8, 4) is 5.88 Å². The van der Waals surface area contributed by atoms with Crippen LogP contribution in [0.4, 0.5) is 0 Å². The van der Waals surface area contributed by atoms with E-state index in [1.807, 2.05) is 0 Å². The van der Waals surface area contributed by atoms with Crippen molar-refractivity contribution in [2.45, 2.75) is 37.5 Å². The lowest BCUT2D eigenvalue weighted by molar-refractivity contribution is 0.206. The zero-order valence-corrected chi connectivity index (χ0v) is 11.6. The van der Waals surface area contributed by atoms with Gasteiger partial charge in [0.1, 0.15) is 11.9 Å². The highest BCUT2D eigenvalue weighted by Gasteiger charge is 2.43. The van der Waals surface area contributed by atoms with Crippen LogP contribution in [0.3, 0.4) is 0 Å². The average Bonchev–Trinajstić information content (AvgIpc) is 3.11. The third-order valence-electron chi connectivity index (χ3n) is 3.45. The van der Waals surface area contributed by atoms with E-state index in [9.17, 15) is 8.42 Å². The van der Waals surface area contributed by atoms with Crippen molar-refractivity contribution in [2.24, 2.45) is 0 Å². The summed E-state index contributed by atoms with van der Waals surface area (Å²) in [6.45, 7) is 2.78. The van der Waals surface area contributed by atoms with Gasteiger partial charge in [-0.05, 0) is 26.2 Å². The molecule has 19 heavy (non-hydrogen) atoms.